The SMILES string of the molecule is CN(C)C(=O)CN1[C@@H]2CN(Cc3ccncc3Cl)C[C@@H]2OCCS1(=O)=O. The zero-order valence-electron chi connectivity index (χ0n) is 14.8. The number of nitrogens with zero attached hydrogens (tertiary/aromatic N) is 4. The Balaban J connectivity index is 1.79. The van der Waals surface area contributed by atoms with Gasteiger partial charge in [0.1, 0.15) is 0 Å². The third kappa shape index (κ3) is 4.17. The molecule has 2 atom stereocenters. The van der Waals surface area contributed by atoms with Crippen molar-refractivity contribution in [1.82, 2.24) is 19.1 Å². The number of hydrogen-bond acceptors (Lipinski definition) is 6. The molecule has 0 spiro atoms. The fourth-order valence-electron chi connectivity index (χ4n) is 3.29. The summed E-state index contributed by atoms with van der Waals surface area (Å²) in [5, 5.41) is 0.577. The molecule has 10 heteroatoms. The van der Waals surface area contributed by atoms with Crippen molar-refractivity contribution in [2.45, 2.75) is 18.7 Å². The predicted molar refractivity (Wildman–Crippen MR) is 97.2 cm³/mol. The number of carbonyl (C=O) groups is 1. The van der Waals surface area contributed by atoms with Gasteiger partial charge in [-0.05, 0) is 11.6 Å². The lowest BCUT2D eigenvalue weighted by molar-refractivity contribution is -0.129. The number of aromatic nitrogens is 1. The van der Waals surface area contributed by atoms with Crippen molar-refractivity contribution in [3.63, 3.8) is 0 Å². The number of hydrogen-bond donors (Lipinski definition) is 0. The molecule has 0 N–H and O–H groups in total. The molecule has 2 fully saturated rings. The number of ether oxygens (including phenoxy) is 1. The van der Waals surface area contributed by atoms with E-state index in [9.17, 15) is 13.2 Å². The summed E-state index contributed by atoms with van der Waals surface area (Å²) in [6, 6.07) is 1.47. The normalized spacial score (nSPS) is 26.3. The van der Waals surface area contributed by atoms with Gasteiger partial charge in [0, 0.05) is 46.1 Å². The van der Waals surface area contributed by atoms with Crippen LogP contribution < -0.4 is 0 Å². The number of rotatable bonds is 4. The van der Waals surface area contributed by atoms with Crippen LogP contribution in [0.5, 0.6) is 0 Å². The first kappa shape index (κ1) is 19.5. The van der Waals surface area contributed by atoms with Crippen LogP contribution in [-0.4, -0.2) is 91.6 Å². The molecule has 8 nitrogen and oxygen atoms in total. The summed E-state index contributed by atoms with van der Waals surface area (Å²) in [4.78, 5) is 19.6. The summed E-state index contributed by atoms with van der Waals surface area (Å²) in [5.74, 6) is -0.346. The molecule has 0 radical (unpaired) electrons. The number of likely N-dealkylation sites (N-methyl/N-ethyl adjacent to an activating group) is 1. The van der Waals surface area contributed by atoms with E-state index in [4.69, 9.17) is 16.3 Å². The average molecular weight is 403 g/mol. The summed E-state index contributed by atoms with van der Waals surface area (Å²) in [7, 11) is -0.313. The first-order valence-electron chi connectivity index (χ1n) is 8.40. The fourth-order valence-corrected chi connectivity index (χ4v) is 4.94. The van der Waals surface area contributed by atoms with E-state index in [1.54, 1.807) is 26.5 Å². The standard InChI is InChI=1S/C16H23ClN4O4S/c1-19(2)16(22)11-21-14-9-20(8-12-3-4-18-7-13(12)17)10-15(14)25-5-6-26(21,23)24/h3-4,7,14-15H,5-6,8-11H2,1-2H3/t14-,15+/m1/s1. The Kier molecular flexibility index (Phi) is 5.83. The molecule has 2 aliphatic rings. The fraction of sp³-hybridized carbons (Fsp3) is 0.625. The first-order valence-corrected chi connectivity index (χ1v) is 10.4. The van der Waals surface area contributed by atoms with Gasteiger partial charge in [0.2, 0.25) is 15.9 Å². The molecule has 144 valence electrons. The number of likely N-dealkylation sites (tertiary alicyclic amines) is 1. The minimum Gasteiger partial charge on any atom is -0.374 e. The maximum atomic E-state index is 12.6. The Morgan fingerprint density at radius 2 is 2.19 bits per heavy atom. The van der Waals surface area contributed by atoms with Gasteiger partial charge in [-0.2, -0.15) is 4.31 Å². The van der Waals surface area contributed by atoms with Crippen LogP contribution in [0.3, 0.4) is 0 Å². The second-order valence-corrected chi connectivity index (χ2v) is 9.24. The van der Waals surface area contributed by atoms with E-state index >= 15 is 0 Å². The van der Waals surface area contributed by atoms with E-state index in [-0.39, 0.29) is 37.0 Å². The van der Waals surface area contributed by atoms with Gasteiger partial charge in [0.05, 0.1) is 36.1 Å². The number of halogens is 1. The van der Waals surface area contributed by atoms with E-state index in [0.29, 0.717) is 24.7 Å². The third-order valence-corrected chi connectivity index (χ3v) is 6.89. The molecule has 0 bridgehead atoms. The van der Waals surface area contributed by atoms with Crippen LogP contribution in [0.4, 0.5) is 0 Å². The maximum Gasteiger partial charge on any atom is 0.237 e. The molecule has 1 aromatic heterocycles. The molecule has 0 saturated carbocycles. The second kappa shape index (κ2) is 7.77. The minimum atomic E-state index is -3.55. The quantitative estimate of drug-likeness (QED) is 0.707. The predicted octanol–water partition coefficient (Wildman–Crippen LogP) is 0.0380. The van der Waals surface area contributed by atoms with Crippen molar-refractivity contribution in [2.75, 3.05) is 46.1 Å². The highest BCUT2D eigenvalue weighted by molar-refractivity contribution is 7.89. The summed E-state index contributed by atoms with van der Waals surface area (Å²) >= 11 is 6.18. The van der Waals surface area contributed by atoms with Crippen molar-refractivity contribution >= 4 is 27.5 Å². The highest BCUT2D eigenvalue weighted by Crippen LogP contribution is 2.27. The van der Waals surface area contributed by atoms with Crippen LogP contribution in [-0.2, 0) is 26.1 Å². The highest BCUT2D eigenvalue weighted by atomic mass is 35.5. The second-order valence-electron chi connectivity index (χ2n) is 6.79. The number of fused-ring (bicyclic) bond motifs is 1. The van der Waals surface area contributed by atoms with Gasteiger partial charge in [0.15, 0.2) is 0 Å². The van der Waals surface area contributed by atoms with Gasteiger partial charge in [0.25, 0.3) is 0 Å². The number of carbonyl (C=O) groups excluding carboxylic acids is 1. The number of pyridine rings is 1. The monoisotopic (exact) mass is 402 g/mol. The molecule has 1 amide bonds. The van der Waals surface area contributed by atoms with E-state index in [1.165, 1.54) is 9.21 Å². The van der Waals surface area contributed by atoms with Gasteiger partial charge < -0.3 is 9.64 Å². The lowest BCUT2D eigenvalue weighted by atomic mass is 10.2. The Labute approximate surface area is 158 Å². The Morgan fingerprint density at radius 3 is 2.88 bits per heavy atom. The molecule has 1 aromatic rings. The third-order valence-electron chi connectivity index (χ3n) is 4.75. The number of amides is 1. The molecule has 0 unspecified atom stereocenters. The number of sulfonamides is 1. The summed E-state index contributed by atoms with van der Waals surface area (Å²) in [6.45, 7) is 1.63. The maximum absolute atomic E-state index is 12.6. The van der Waals surface area contributed by atoms with Crippen molar-refractivity contribution in [3.8, 4) is 0 Å². The zero-order valence-corrected chi connectivity index (χ0v) is 16.4. The van der Waals surface area contributed by atoms with E-state index in [0.717, 1.165) is 5.56 Å². The van der Waals surface area contributed by atoms with Gasteiger partial charge in [-0.3, -0.25) is 14.7 Å². The first-order chi connectivity index (χ1) is 12.3. The highest BCUT2D eigenvalue weighted by Gasteiger charge is 2.45. The van der Waals surface area contributed by atoms with Crippen molar-refractivity contribution in [1.29, 1.82) is 0 Å². The van der Waals surface area contributed by atoms with Crippen LogP contribution in [0.1, 0.15) is 5.56 Å². The van der Waals surface area contributed by atoms with Crippen LogP contribution in [0, 0.1) is 0 Å². The average Bonchev–Trinajstić information content (AvgIpc) is 2.91. The molecule has 3 rings (SSSR count). The van der Waals surface area contributed by atoms with Crippen molar-refractivity contribution in [2.24, 2.45) is 0 Å². The smallest absolute Gasteiger partial charge is 0.237 e. The Bertz CT molecular complexity index is 773. The van der Waals surface area contributed by atoms with E-state index < -0.39 is 10.0 Å². The van der Waals surface area contributed by atoms with Gasteiger partial charge in [-0.1, -0.05) is 11.6 Å². The molecule has 0 aliphatic carbocycles. The topological polar surface area (TPSA) is 83.1 Å². The molecule has 3 heterocycles. The zero-order chi connectivity index (χ0) is 18.9. The molecule has 26 heavy (non-hydrogen) atoms. The van der Waals surface area contributed by atoms with Crippen LogP contribution in [0.25, 0.3) is 0 Å². The van der Waals surface area contributed by atoms with Crippen LogP contribution >= 0.6 is 11.6 Å². The van der Waals surface area contributed by atoms with Gasteiger partial charge >= 0.3 is 0 Å². The van der Waals surface area contributed by atoms with Gasteiger partial charge in [-0.25, -0.2) is 8.42 Å². The molecule has 2 saturated heterocycles. The molecule has 0 aromatic carbocycles. The Hall–Kier alpha value is -1.26. The van der Waals surface area contributed by atoms with E-state index in [1.807, 2.05) is 6.07 Å². The minimum absolute atomic E-state index is 0.100. The summed E-state index contributed by atoms with van der Waals surface area (Å²) in [6.07, 6.45) is 3.01. The van der Waals surface area contributed by atoms with E-state index in [2.05, 4.69) is 9.88 Å². The lowest BCUT2D eigenvalue weighted by Crippen LogP contribution is -2.50. The molecular formula is C16H23ClN4O4S. The lowest BCUT2D eigenvalue weighted by Gasteiger charge is -2.28. The Morgan fingerprint density at radius 1 is 1.42 bits per heavy atom. The molecule has 2 aliphatic heterocycles. The van der Waals surface area contributed by atoms with Crippen molar-refractivity contribution in [3.05, 3.63) is 29.0 Å². The summed E-state index contributed by atoms with van der Waals surface area (Å²) in [5.41, 5.74) is 0.928. The molecular weight excluding hydrogens is 380 g/mol. The van der Waals surface area contributed by atoms with Crippen LogP contribution in [0.15, 0.2) is 18.5 Å². The van der Waals surface area contributed by atoms with Crippen LogP contribution in [0.2, 0.25) is 5.02 Å². The van der Waals surface area contributed by atoms with Crippen molar-refractivity contribution < 1.29 is 17.9 Å². The van der Waals surface area contributed by atoms with Gasteiger partial charge in [-0.15, -0.1) is 0 Å². The summed E-state index contributed by atoms with van der Waals surface area (Å²) < 4.78 is 32.4. The largest absolute Gasteiger partial charge is 0.374 e.